The summed E-state index contributed by atoms with van der Waals surface area (Å²) in [6.45, 7) is 0.0507. The molecule has 0 aliphatic rings. The normalized spacial score (nSPS) is 10.4. The van der Waals surface area contributed by atoms with E-state index in [1.54, 1.807) is 49.4 Å². The molecule has 0 aliphatic heterocycles. The van der Waals surface area contributed by atoms with E-state index < -0.39 is 5.82 Å². The Morgan fingerprint density at radius 3 is 2.16 bits per heavy atom. The molecule has 7 heteroatoms. The monoisotopic (exact) mass is 345 g/mol. The Kier molecular flexibility index (Phi) is 6.47. The number of anilines is 2. The highest BCUT2D eigenvalue weighted by Gasteiger charge is 2.11. The van der Waals surface area contributed by atoms with E-state index in [2.05, 4.69) is 10.6 Å². The topological polar surface area (TPSA) is 70.7 Å². The molecule has 0 unspecified atom stereocenters. The Balaban J connectivity index is 1.79. The molecule has 0 spiro atoms. The van der Waals surface area contributed by atoms with Gasteiger partial charge in [0.2, 0.25) is 11.8 Å². The highest BCUT2D eigenvalue weighted by atomic mass is 19.1. The predicted molar refractivity (Wildman–Crippen MR) is 94.2 cm³/mol. The fourth-order valence-corrected chi connectivity index (χ4v) is 2.19. The number of methoxy groups -OCH3 is 1. The summed E-state index contributed by atoms with van der Waals surface area (Å²) in [7, 11) is 3.22. The molecule has 25 heavy (non-hydrogen) atoms. The van der Waals surface area contributed by atoms with Crippen molar-refractivity contribution in [3.8, 4) is 5.75 Å². The van der Waals surface area contributed by atoms with Crippen molar-refractivity contribution in [2.45, 2.75) is 0 Å². The lowest BCUT2D eigenvalue weighted by atomic mass is 10.3. The first-order chi connectivity index (χ1) is 12.0. The second-order valence-electron chi connectivity index (χ2n) is 5.51. The van der Waals surface area contributed by atoms with E-state index in [4.69, 9.17) is 4.74 Å². The van der Waals surface area contributed by atoms with Crippen LogP contribution in [0.4, 0.5) is 15.8 Å². The molecule has 2 amide bonds. The third kappa shape index (κ3) is 6.23. The van der Waals surface area contributed by atoms with Crippen LogP contribution in [0.25, 0.3) is 0 Å². The molecule has 2 N–H and O–H groups in total. The van der Waals surface area contributed by atoms with Crippen molar-refractivity contribution < 1.29 is 18.7 Å². The smallest absolute Gasteiger partial charge is 0.238 e. The minimum Gasteiger partial charge on any atom is -0.497 e. The van der Waals surface area contributed by atoms with E-state index in [1.807, 2.05) is 0 Å². The van der Waals surface area contributed by atoms with Crippen LogP contribution in [0.5, 0.6) is 5.75 Å². The van der Waals surface area contributed by atoms with E-state index in [0.29, 0.717) is 17.1 Å². The van der Waals surface area contributed by atoms with Crippen LogP contribution in [0.1, 0.15) is 0 Å². The molecule has 0 aromatic heterocycles. The zero-order valence-corrected chi connectivity index (χ0v) is 14.1. The number of benzene rings is 2. The van der Waals surface area contributed by atoms with E-state index >= 15 is 0 Å². The van der Waals surface area contributed by atoms with Gasteiger partial charge in [-0.3, -0.25) is 14.5 Å². The van der Waals surface area contributed by atoms with Crippen molar-refractivity contribution in [3.05, 3.63) is 54.3 Å². The van der Waals surface area contributed by atoms with E-state index in [0.717, 1.165) is 0 Å². The minimum absolute atomic E-state index is 0.00649. The molecular weight excluding hydrogens is 325 g/mol. The van der Waals surface area contributed by atoms with Crippen LogP contribution in [0.2, 0.25) is 0 Å². The van der Waals surface area contributed by atoms with Crippen molar-refractivity contribution in [1.29, 1.82) is 0 Å². The molecule has 0 bridgehead atoms. The lowest BCUT2D eigenvalue weighted by molar-refractivity contribution is -0.119. The number of likely N-dealkylation sites (N-methyl/N-ethyl adjacent to an activating group) is 1. The van der Waals surface area contributed by atoms with Gasteiger partial charge in [0.05, 0.1) is 20.2 Å². The van der Waals surface area contributed by atoms with Crippen LogP contribution in [-0.2, 0) is 9.59 Å². The maximum Gasteiger partial charge on any atom is 0.238 e. The Bertz CT molecular complexity index is 735. The molecule has 2 aromatic carbocycles. The first kappa shape index (κ1) is 18.4. The number of hydrogen-bond acceptors (Lipinski definition) is 4. The number of rotatable bonds is 7. The summed E-state index contributed by atoms with van der Waals surface area (Å²) in [5, 5.41) is 5.32. The number of nitrogens with one attached hydrogen (secondary N) is 2. The third-order valence-electron chi connectivity index (χ3n) is 3.31. The Morgan fingerprint density at radius 1 is 1.00 bits per heavy atom. The Labute approximate surface area is 145 Å². The summed E-state index contributed by atoms with van der Waals surface area (Å²) < 4.78 is 18.1. The lowest BCUT2D eigenvalue weighted by Gasteiger charge is -2.16. The van der Waals surface area contributed by atoms with Crippen molar-refractivity contribution in [3.63, 3.8) is 0 Å². The van der Waals surface area contributed by atoms with Crippen LogP contribution >= 0.6 is 0 Å². The van der Waals surface area contributed by atoms with Gasteiger partial charge in [0.15, 0.2) is 0 Å². The molecule has 2 aromatic rings. The highest BCUT2D eigenvalue weighted by Crippen LogP contribution is 2.14. The fraction of sp³-hybridized carbons (Fsp3) is 0.222. The van der Waals surface area contributed by atoms with E-state index in [9.17, 15) is 14.0 Å². The van der Waals surface area contributed by atoms with Gasteiger partial charge in [0, 0.05) is 11.4 Å². The standard InChI is InChI=1S/C18H20FN3O3/c1-22(12-18(24)21-15-5-3-4-13(19)10-15)11-17(23)20-14-6-8-16(25-2)9-7-14/h3-10H,11-12H2,1-2H3,(H,20,23)(H,21,24). The maximum atomic E-state index is 13.1. The molecule has 0 aliphatic carbocycles. The van der Waals surface area contributed by atoms with Gasteiger partial charge in [0.1, 0.15) is 11.6 Å². The summed E-state index contributed by atoms with van der Waals surface area (Å²) in [5.74, 6) is -0.300. The second kappa shape index (κ2) is 8.79. The summed E-state index contributed by atoms with van der Waals surface area (Å²) in [5.41, 5.74) is 1.02. The average Bonchev–Trinajstić information content (AvgIpc) is 2.55. The largest absolute Gasteiger partial charge is 0.497 e. The average molecular weight is 345 g/mol. The number of nitrogens with zero attached hydrogens (tertiary/aromatic N) is 1. The molecular formula is C18H20FN3O3. The maximum absolute atomic E-state index is 13.1. The predicted octanol–water partition coefficient (Wildman–Crippen LogP) is 2.34. The molecule has 132 valence electrons. The van der Waals surface area contributed by atoms with Gasteiger partial charge in [-0.15, -0.1) is 0 Å². The van der Waals surface area contributed by atoms with E-state index in [-0.39, 0.29) is 24.9 Å². The van der Waals surface area contributed by atoms with Crippen LogP contribution in [-0.4, -0.2) is 44.0 Å². The molecule has 0 fully saturated rings. The summed E-state index contributed by atoms with van der Waals surface area (Å²) in [6, 6.07) is 12.6. The summed E-state index contributed by atoms with van der Waals surface area (Å²) in [4.78, 5) is 25.5. The Morgan fingerprint density at radius 2 is 1.60 bits per heavy atom. The van der Waals surface area contributed by atoms with Crippen LogP contribution in [0.15, 0.2) is 48.5 Å². The quantitative estimate of drug-likeness (QED) is 0.808. The second-order valence-corrected chi connectivity index (χ2v) is 5.51. The highest BCUT2D eigenvalue weighted by molar-refractivity contribution is 5.94. The van der Waals surface area contributed by atoms with Gasteiger partial charge >= 0.3 is 0 Å². The molecule has 0 saturated heterocycles. The van der Waals surface area contributed by atoms with Gasteiger partial charge in [-0.2, -0.15) is 0 Å². The number of ether oxygens (including phenoxy) is 1. The molecule has 0 atom stereocenters. The Hall–Kier alpha value is -2.93. The SMILES string of the molecule is COc1ccc(NC(=O)CN(C)CC(=O)Nc2cccc(F)c2)cc1. The summed E-state index contributed by atoms with van der Waals surface area (Å²) in [6.07, 6.45) is 0. The molecule has 0 radical (unpaired) electrons. The van der Waals surface area contributed by atoms with Gasteiger partial charge in [-0.1, -0.05) is 6.07 Å². The van der Waals surface area contributed by atoms with Crippen LogP contribution < -0.4 is 15.4 Å². The van der Waals surface area contributed by atoms with E-state index in [1.165, 1.54) is 18.2 Å². The van der Waals surface area contributed by atoms with Crippen molar-refractivity contribution in [2.24, 2.45) is 0 Å². The van der Waals surface area contributed by atoms with Gasteiger partial charge < -0.3 is 15.4 Å². The zero-order chi connectivity index (χ0) is 18.2. The van der Waals surface area contributed by atoms with Crippen LogP contribution in [0.3, 0.4) is 0 Å². The van der Waals surface area contributed by atoms with Gasteiger partial charge in [-0.05, 0) is 49.5 Å². The number of amides is 2. The van der Waals surface area contributed by atoms with Crippen molar-refractivity contribution >= 4 is 23.2 Å². The molecule has 0 saturated carbocycles. The number of carbonyl (C=O) groups excluding carboxylic acids is 2. The van der Waals surface area contributed by atoms with Crippen molar-refractivity contribution in [1.82, 2.24) is 4.90 Å². The molecule has 2 rings (SSSR count). The van der Waals surface area contributed by atoms with Crippen molar-refractivity contribution in [2.75, 3.05) is 37.9 Å². The number of halogens is 1. The molecule has 0 heterocycles. The third-order valence-corrected chi connectivity index (χ3v) is 3.31. The fourth-order valence-electron chi connectivity index (χ4n) is 2.19. The first-order valence-electron chi connectivity index (χ1n) is 7.64. The zero-order valence-electron chi connectivity index (χ0n) is 14.1. The number of carbonyl (C=O) groups is 2. The lowest BCUT2D eigenvalue weighted by Crippen LogP contribution is -2.36. The first-order valence-corrected chi connectivity index (χ1v) is 7.64. The summed E-state index contributed by atoms with van der Waals surface area (Å²) >= 11 is 0. The van der Waals surface area contributed by atoms with Gasteiger partial charge in [-0.25, -0.2) is 4.39 Å². The van der Waals surface area contributed by atoms with Crippen LogP contribution in [0, 0.1) is 5.82 Å². The number of hydrogen-bond donors (Lipinski definition) is 2. The minimum atomic E-state index is -0.426. The molecule has 6 nitrogen and oxygen atoms in total. The van der Waals surface area contributed by atoms with Gasteiger partial charge in [0.25, 0.3) is 0 Å².